The van der Waals surface area contributed by atoms with Gasteiger partial charge in [0.25, 0.3) is 0 Å². The van der Waals surface area contributed by atoms with Crippen molar-refractivity contribution in [3.05, 3.63) is 58.1 Å². The molecule has 0 heterocycles. The van der Waals surface area contributed by atoms with Crippen LogP contribution in [0.15, 0.2) is 46.9 Å². The Morgan fingerprint density at radius 1 is 1.15 bits per heavy atom. The molecule has 0 saturated heterocycles. The Morgan fingerprint density at radius 3 is 2.40 bits per heavy atom. The molecular weight excluding hydrogens is 320 g/mol. The summed E-state index contributed by atoms with van der Waals surface area (Å²) >= 11 is 3.45. The van der Waals surface area contributed by atoms with E-state index in [1.807, 2.05) is 42.5 Å². The molecule has 2 aromatic carbocycles. The SMILES string of the molecule is COc1ccc(COc2ccc(C(C)O)cc2)cc1Br. The zero-order valence-electron chi connectivity index (χ0n) is 11.5. The zero-order valence-corrected chi connectivity index (χ0v) is 13.1. The first-order chi connectivity index (χ1) is 9.60. The van der Waals surface area contributed by atoms with Crippen molar-refractivity contribution in [2.24, 2.45) is 0 Å². The van der Waals surface area contributed by atoms with Gasteiger partial charge in [0.1, 0.15) is 18.1 Å². The Kier molecular flexibility index (Phi) is 5.04. The maximum Gasteiger partial charge on any atom is 0.133 e. The average Bonchev–Trinajstić information content (AvgIpc) is 2.45. The topological polar surface area (TPSA) is 38.7 Å². The summed E-state index contributed by atoms with van der Waals surface area (Å²) in [5.74, 6) is 1.58. The highest BCUT2D eigenvalue weighted by atomic mass is 79.9. The van der Waals surface area contributed by atoms with Crippen LogP contribution in [0.1, 0.15) is 24.2 Å². The minimum Gasteiger partial charge on any atom is -0.496 e. The lowest BCUT2D eigenvalue weighted by molar-refractivity contribution is 0.199. The summed E-state index contributed by atoms with van der Waals surface area (Å²) < 4.78 is 11.8. The molecule has 0 bridgehead atoms. The van der Waals surface area contributed by atoms with E-state index in [0.29, 0.717) is 6.61 Å². The van der Waals surface area contributed by atoms with E-state index in [-0.39, 0.29) is 0 Å². The number of halogens is 1. The number of ether oxygens (including phenoxy) is 2. The number of hydrogen-bond donors (Lipinski definition) is 1. The molecule has 0 radical (unpaired) electrons. The molecule has 0 saturated carbocycles. The number of benzene rings is 2. The Hall–Kier alpha value is -1.52. The van der Waals surface area contributed by atoms with E-state index in [0.717, 1.165) is 27.1 Å². The predicted molar refractivity (Wildman–Crippen MR) is 82.1 cm³/mol. The number of aliphatic hydroxyl groups excluding tert-OH is 1. The molecule has 0 spiro atoms. The van der Waals surface area contributed by atoms with Gasteiger partial charge in [0.2, 0.25) is 0 Å². The number of rotatable bonds is 5. The second kappa shape index (κ2) is 6.77. The highest BCUT2D eigenvalue weighted by molar-refractivity contribution is 9.10. The molecule has 1 atom stereocenters. The summed E-state index contributed by atoms with van der Waals surface area (Å²) in [7, 11) is 1.64. The molecule has 1 N–H and O–H groups in total. The molecule has 0 aliphatic rings. The van der Waals surface area contributed by atoms with Crippen molar-refractivity contribution in [3.8, 4) is 11.5 Å². The Labute approximate surface area is 127 Å². The van der Waals surface area contributed by atoms with Crippen LogP contribution in [-0.2, 0) is 6.61 Å². The fraction of sp³-hybridized carbons (Fsp3) is 0.250. The van der Waals surface area contributed by atoms with Gasteiger partial charge in [0, 0.05) is 0 Å². The molecule has 0 aromatic heterocycles. The van der Waals surface area contributed by atoms with Crippen molar-refractivity contribution in [1.29, 1.82) is 0 Å². The van der Waals surface area contributed by atoms with Gasteiger partial charge in [-0.2, -0.15) is 0 Å². The molecule has 2 rings (SSSR count). The van der Waals surface area contributed by atoms with Crippen LogP contribution >= 0.6 is 15.9 Å². The third-order valence-corrected chi connectivity index (χ3v) is 3.60. The minimum atomic E-state index is -0.457. The van der Waals surface area contributed by atoms with E-state index in [1.165, 1.54) is 0 Å². The number of methoxy groups -OCH3 is 1. The van der Waals surface area contributed by atoms with Crippen LogP contribution in [0.5, 0.6) is 11.5 Å². The normalized spacial score (nSPS) is 12.0. The Bertz CT molecular complexity index is 564. The summed E-state index contributed by atoms with van der Waals surface area (Å²) in [6, 6.07) is 13.3. The second-order valence-corrected chi connectivity index (χ2v) is 5.36. The van der Waals surface area contributed by atoms with Crippen molar-refractivity contribution in [2.45, 2.75) is 19.6 Å². The van der Waals surface area contributed by atoms with Crippen molar-refractivity contribution in [1.82, 2.24) is 0 Å². The van der Waals surface area contributed by atoms with Gasteiger partial charge < -0.3 is 14.6 Å². The van der Waals surface area contributed by atoms with Crippen LogP contribution in [0.4, 0.5) is 0 Å². The van der Waals surface area contributed by atoms with Crippen LogP contribution in [0.25, 0.3) is 0 Å². The summed E-state index contributed by atoms with van der Waals surface area (Å²) in [5, 5.41) is 9.44. The molecule has 2 aromatic rings. The van der Waals surface area contributed by atoms with Gasteiger partial charge in [0.05, 0.1) is 17.7 Å². The van der Waals surface area contributed by atoms with Gasteiger partial charge in [-0.3, -0.25) is 0 Å². The standard InChI is InChI=1S/C16H17BrO3/c1-11(18)13-4-6-14(7-5-13)20-10-12-3-8-16(19-2)15(17)9-12/h3-9,11,18H,10H2,1-2H3. The van der Waals surface area contributed by atoms with Crippen LogP contribution < -0.4 is 9.47 Å². The largest absolute Gasteiger partial charge is 0.496 e. The lowest BCUT2D eigenvalue weighted by Gasteiger charge is -2.10. The number of aliphatic hydroxyl groups is 1. The lowest BCUT2D eigenvalue weighted by Crippen LogP contribution is -1.97. The maximum atomic E-state index is 9.44. The molecular formula is C16H17BrO3. The molecule has 0 aliphatic heterocycles. The monoisotopic (exact) mass is 336 g/mol. The van der Waals surface area contributed by atoms with Crippen LogP contribution in [0.3, 0.4) is 0 Å². The van der Waals surface area contributed by atoms with Crippen LogP contribution in [0, 0.1) is 0 Å². The van der Waals surface area contributed by atoms with Gasteiger partial charge >= 0.3 is 0 Å². The van der Waals surface area contributed by atoms with Crippen LogP contribution in [0.2, 0.25) is 0 Å². The van der Waals surface area contributed by atoms with Gasteiger partial charge in [-0.1, -0.05) is 18.2 Å². The first-order valence-electron chi connectivity index (χ1n) is 6.33. The first kappa shape index (κ1) is 14.9. The minimum absolute atomic E-state index is 0.457. The van der Waals surface area contributed by atoms with Crippen LogP contribution in [-0.4, -0.2) is 12.2 Å². The van der Waals surface area contributed by atoms with Gasteiger partial charge in [-0.25, -0.2) is 0 Å². The Morgan fingerprint density at radius 2 is 1.85 bits per heavy atom. The average molecular weight is 337 g/mol. The zero-order chi connectivity index (χ0) is 14.5. The van der Waals surface area contributed by atoms with Gasteiger partial charge in [-0.15, -0.1) is 0 Å². The molecule has 3 nitrogen and oxygen atoms in total. The Balaban J connectivity index is 1.99. The number of hydrogen-bond acceptors (Lipinski definition) is 3. The van der Waals surface area contributed by atoms with Crippen molar-refractivity contribution < 1.29 is 14.6 Å². The molecule has 1 unspecified atom stereocenters. The summed E-state index contributed by atoms with van der Waals surface area (Å²) in [5.41, 5.74) is 1.93. The van der Waals surface area contributed by atoms with E-state index < -0.39 is 6.10 Å². The molecule has 0 aliphatic carbocycles. The fourth-order valence-electron chi connectivity index (χ4n) is 1.81. The smallest absolute Gasteiger partial charge is 0.133 e. The van der Waals surface area contributed by atoms with E-state index in [2.05, 4.69) is 15.9 Å². The van der Waals surface area contributed by atoms with E-state index in [1.54, 1.807) is 14.0 Å². The summed E-state index contributed by atoms with van der Waals surface area (Å²) in [6.45, 7) is 2.22. The molecule has 0 fully saturated rings. The van der Waals surface area contributed by atoms with E-state index in [9.17, 15) is 5.11 Å². The van der Waals surface area contributed by atoms with E-state index >= 15 is 0 Å². The molecule has 20 heavy (non-hydrogen) atoms. The second-order valence-electron chi connectivity index (χ2n) is 4.50. The van der Waals surface area contributed by atoms with Gasteiger partial charge in [-0.05, 0) is 58.2 Å². The quantitative estimate of drug-likeness (QED) is 0.893. The lowest BCUT2D eigenvalue weighted by atomic mass is 10.1. The molecule has 4 heteroatoms. The summed E-state index contributed by atoms with van der Waals surface area (Å²) in [4.78, 5) is 0. The first-order valence-corrected chi connectivity index (χ1v) is 7.12. The summed E-state index contributed by atoms with van der Waals surface area (Å²) in [6.07, 6.45) is -0.457. The van der Waals surface area contributed by atoms with Crippen molar-refractivity contribution >= 4 is 15.9 Å². The van der Waals surface area contributed by atoms with E-state index in [4.69, 9.17) is 9.47 Å². The highest BCUT2D eigenvalue weighted by Crippen LogP contribution is 2.26. The third kappa shape index (κ3) is 3.74. The third-order valence-electron chi connectivity index (χ3n) is 2.98. The molecule has 0 amide bonds. The molecule has 106 valence electrons. The van der Waals surface area contributed by atoms with Gasteiger partial charge in [0.15, 0.2) is 0 Å². The van der Waals surface area contributed by atoms with Crippen molar-refractivity contribution in [3.63, 3.8) is 0 Å². The highest BCUT2D eigenvalue weighted by Gasteiger charge is 2.03. The predicted octanol–water partition coefficient (Wildman–Crippen LogP) is 4.09. The maximum absolute atomic E-state index is 9.44. The van der Waals surface area contributed by atoms with Crippen molar-refractivity contribution in [2.75, 3.05) is 7.11 Å². The fourth-order valence-corrected chi connectivity index (χ4v) is 2.40.